The van der Waals surface area contributed by atoms with Crippen molar-refractivity contribution in [2.45, 2.75) is 19.4 Å². The molecule has 7 heteroatoms. The van der Waals surface area contributed by atoms with Crippen LogP contribution in [0.4, 0.5) is 5.95 Å². The summed E-state index contributed by atoms with van der Waals surface area (Å²) in [6.45, 7) is 2.02. The van der Waals surface area contributed by atoms with Crippen LogP contribution in [0.2, 0.25) is 0 Å². The topological polar surface area (TPSA) is 89.4 Å². The second-order valence-electron chi connectivity index (χ2n) is 3.19. The molecule has 0 amide bonds. The highest BCUT2D eigenvalue weighted by atomic mass is 16.5. The Balaban J connectivity index is 2.78. The van der Waals surface area contributed by atoms with Crippen LogP contribution in [0.3, 0.4) is 0 Å². The molecule has 1 aromatic rings. The molecule has 0 saturated carbocycles. The SMILES string of the molecule is COc1nc(NC(C)CCO)nc(OC)n1. The van der Waals surface area contributed by atoms with Crippen LogP contribution in [-0.2, 0) is 0 Å². The van der Waals surface area contributed by atoms with Crippen molar-refractivity contribution < 1.29 is 14.6 Å². The van der Waals surface area contributed by atoms with Crippen molar-refractivity contribution in [3.63, 3.8) is 0 Å². The summed E-state index contributed by atoms with van der Waals surface area (Å²) < 4.78 is 9.81. The zero-order valence-electron chi connectivity index (χ0n) is 9.60. The lowest BCUT2D eigenvalue weighted by Gasteiger charge is -2.12. The molecule has 0 aromatic carbocycles. The minimum absolute atomic E-state index is 0.0572. The highest BCUT2D eigenvalue weighted by Gasteiger charge is 2.09. The molecular formula is C9H16N4O3. The molecule has 90 valence electrons. The molecule has 0 bridgehead atoms. The second-order valence-corrected chi connectivity index (χ2v) is 3.19. The molecule has 1 aromatic heterocycles. The minimum Gasteiger partial charge on any atom is -0.467 e. The van der Waals surface area contributed by atoms with Crippen LogP contribution < -0.4 is 14.8 Å². The largest absolute Gasteiger partial charge is 0.467 e. The molecule has 0 fully saturated rings. The van der Waals surface area contributed by atoms with Crippen LogP contribution in [0, 0.1) is 0 Å². The Labute approximate surface area is 93.9 Å². The minimum atomic E-state index is 0.0572. The van der Waals surface area contributed by atoms with E-state index in [1.165, 1.54) is 14.2 Å². The fourth-order valence-electron chi connectivity index (χ4n) is 1.07. The lowest BCUT2D eigenvalue weighted by atomic mass is 10.2. The van der Waals surface area contributed by atoms with E-state index in [0.717, 1.165) is 0 Å². The molecule has 0 spiro atoms. The summed E-state index contributed by atoms with van der Waals surface area (Å²) in [7, 11) is 2.94. The Kier molecular flexibility index (Phi) is 4.71. The first-order chi connectivity index (χ1) is 7.69. The molecule has 2 N–H and O–H groups in total. The summed E-state index contributed by atoms with van der Waals surface area (Å²) in [5.41, 5.74) is 0. The predicted octanol–water partition coefficient (Wildman–Crippen LogP) is 0.0716. The third kappa shape index (κ3) is 3.50. The van der Waals surface area contributed by atoms with Crippen LogP contribution in [0.5, 0.6) is 12.0 Å². The Hall–Kier alpha value is -1.63. The van der Waals surface area contributed by atoms with E-state index in [0.29, 0.717) is 12.4 Å². The van der Waals surface area contributed by atoms with Crippen LogP contribution in [0.25, 0.3) is 0 Å². The zero-order valence-corrected chi connectivity index (χ0v) is 9.60. The summed E-state index contributed by atoms with van der Waals surface area (Å²) in [5, 5.41) is 11.8. The maximum atomic E-state index is 8.77. The Morgan fingerprint density at radius 2 is 1.75 bits per heavy atom. The van der Waals surface area contributed by atoms with Crippen LogP contribution in [-0.4, -0.2) is 46.9 Å². The van der Waals surface area contributed by atoms with Gasteiger partial charge in [-0.3, -0.25) is 0 Å². The first kappa shape index (κ1) is 12.4. The molecule has 7 nitrogen and oxygen atoms in total. The lowest BCUT2D eigenvalue weighted by molar-refractivity contribution is 0.281. The summed E-state index contributed by atoms with van der Waals surface area (Å²) in [5.74, 6) is 0.365. The van der Waals surface area contributed by atoms with Gasteiger partial charge in [0, 0.05) is 12.6 Å². The smallest absolute Gasteiger partial charge is 0.324 e. The van der Waals surface area contributed by atoms with Gasteiger partial charge in [0.15, 0.2) is 0 Å². The van der Waals surface area contributed by atoms with Crippen molar-refractivity contribution in [3.05, 3.63) is 0 Å². The first-order valence-electron chi connectivity index (χ1n) is 4.91. The first-order valence-corrected chi connectivity index (χ1v) is 4.91. The van der Waals surface area contributed by atoms with Crippen molar-refractivity contribution >= 4 is 5.95 Å². The van der Waals surface area contributed by atoms with Crippen molar-refractivity contribution in [2.75, 3.05) is 26.1 Å². The fraction of sp³-hybridized carbons (Fsp3) is 0.667. The maximum absolute atomic E-state index is 8.77. The highest BCUT2D eigenvalue weighted by Crippen LogP contribution is 2.13. The van der Waals surface area contributed by atoms with Gasteiger partial charge in [0.25, 0.3) is 0 Å². The number of rotatable bonds is 6. The number of hydrogen-bond acceptors (Lipinski definition) is 7. The van der Waals surface area contributed by atoms with E-state index >= 15 is 0 Å². The van der Waals surface area contributed by atoms with Crippen molar-refractivity contribution in [2.24, 2.45) is 0 Å². The molecule has 1 rings (SSSR count). The number of nitrogens with zero attached hydrogens (tertiary/aromatic N) is 3. The molecule has 0 aliphatic carbocycles. The van der Waals surface area contributed by atoms with Gasteiger partial charge in [0.2, 0.25) is 5.95 Å². The van der Waals surface area contributed by atoms with E-state index in [4.69, 9.17) is 14.6 Å². The second kappa shape index (κ2) is 6.06. The monoisotopic (exact) mass is 228 g/mol. The summed E-state index contributed by atoms with van der Waals surface area (Å²) in [6, 6.07) is 0.429. The third-order valence-electron chi connectivity index (χ3n) is 1.90. The average Bonchev–Trinajstić information content (AvgIpc) is 2.28. The van der Waals surface area contributed by atoms with Gasteiger partial charge in [0.1, 0.15) is 0 Å². The quantitative estimate of drug-likeness (QED) is 0.712. The summed E-state index contributed by atoms with van der Waals surface area (Å²) in [6.07, 6.45) is 0.607. The molecule has 0 saturated heterocycles. The van der Waals surface area contributed by atoms with Gasteiger partial charge in [-0.2, -0.15) is 9.97 Å². The van der Waals surface area contributed by atoms with Crippen molar-refractivity contribution in [1.29, 1.82) is 0 Å². The molecule has 1 unspecified atom stereocenters. The van der Waals surface area contributed by atoms with Crippen molar-refractivity contribution in [3.8, 4) is 12.0 Å². The summed E-state index contributed by atoms with van der Waals surface area (Å²) in [4.78, 5) is 11.9. The Morgan fingerprint density at radius 3 is 2.19 bits per heavy atom. The van der Waals surface area contributed by atoms with Gasteiger partial charge in [-0.1, -0.05) is 0 Å². The van der Waals surface area contributed by atoms with E-state index in [1.54, 1.807) is 0 Å². The van der Waals surface area contributed by atoms with Gasteiger partial charge in [-0.15, -0.1) is 4.98 Å². The van der Waals surface area contributed by atoms with Gasteiger partial charge in [0.05, 0.1) is 14.2 Å². The molecule has 0 aliphatic rings. The standard InChI is InChI=1S/C9H16N4O3/c1-6(4-5-14)10-7-11-8(15-2)13-9(12-7)16-3/h6,14H,4-5H2,1-3H3,(H,10,11,12,13). The number of aromatic nitrogens is 3. The molecule has 1 atom stereocenters. The molecule has 1 heterocycles. The fourth-order valence-corrected chi connectivity index (χ4v) is 1.07. The van der Waals surface area contributed by atoms with Gasteiger partial charge < -0.3 is 19.9 Å². The third-order valence-corrected chi connectivity index (χ3v) is 1.90. The number of anilines is 1. The number of hydrogen-bond donors (Lipinski definition) is 2. The normalized spacial score (nSPS) is 12.0. The Morgan fingerprint density at radius 1 is 1.19 bits per heavy atom. The lowest BCUT2D eigenvalue weighted by Crippen LogP contribution is -2.19. The molecular weight excluding hydrogens is 212 g/mol. The van der Waals surface area contributed by atoms with E-state index in [1.807, 2.05) is 6.92 Å². The molecule has 16 heavy (non-hydrogen) atoms. The number of aliphatic hydroxyl groups is 1. The zero-order chi connectivity index (χ0) is 12.0. The number of aliphatic hydroxyl groups excluding tert-OH is 1. The van der Waals surface area contributed by atoms with E-state index < -0.39 is 0 Å². The van der Waals surface area contributed by atoms with Crippen molar-refractivity contribution in [1.82, 2.24) is 15.0 Å². The van der Waals surface area contributed by atoms with Crippen LogP contribution >= 0.6 is 0 Å². The number of methoxy groups -OCH3 is 2. The summed E-state index contributed by atoms with van der Waals surface area (Å²) >= 11 is 0. The van der Waals surface area contributed by atoms with Crippen LogP contribution in [0.1, 0.15) is 13.3 Å². The van der Waals surface area contributed by atoms with E-state index in [2.05, 4.69) is 20.3 Å². The van der Waals surface area contributed by atoms with Gasteiger partial charge in [-0.05, 0) is 13.3 Å². The van der Waals surface area contributed by atoms with E-state index in [-0.39, 0.29) is 24.7 Å². The van der Waals surface area contributed by atoms with Gasteiger partial charge in [-0.25, -0.2) is 0 Å². The van der Waals surface area contributed by atoms with E-state index in [9.17, 15) is 0 Å². The van der Waals surface area contributed by atoms with Crippen LogP contribution in [0.15, 0.2) is 0 Å². The average molecular weight is 228 g/mol. The molecule has 0 radical (unpaired) electrons. The van der Waals surface area contributed by atoms with Gasteiger partial charge >= 0.3 is 12.0 Å². The Bertz CT molecular complexity index is 312. The maximum Gasteiger partial charge on any atom is 0.324 e. The number of ether oxygens (including phenoxy) is 2. The highest BCUT2D eigenvalue weighted by molar-refractivity contribution is 5.28. The number of nitrogens with one attached hydrogen (secondary N) is 1. The predicted molar refractivity (Wildman–Crippen MR) is 57.7 cm³/mol. The molecule has 0 aliphatic heterocycles.